The number of ether oxygens (including phenoxy) is 2. The van der Waals surface area contributed by atoms with Gasteiger partial charge in [-0.1, -0.05) is 36.4 Å². The molecule has 0 aromatic heterocycles. The molecular formula is C20H24N2O4. The highest BCUT2D eigenvalue weighted by Crippen LogP contribution is 2.20. The molecule has 6 nitrogen and oxygen atoms in total. The van der Waals surface area contributed by atoms with Crippen molar-refractivity contribution in [1.29, 1.82) is 0 Å². The zero-order valence-corrected chi connectivity index (χ0v) is 15.4. The predicted octanol–water partition coefficient (Wildman–Crippen LogP) is 3.90. The van der Waals surface area contributed by atoms with Gasteiger partial charge in [-0.15, -0.1) is 0 Å². The van der Waals surface area contributed by atoms with E-state index in [1.54, 1.807) is 76.4 Å². The molecule has 0 fully saturated rings. The van der Waals surface area contributed by atoms with Gasteiger partial charge in [0.2, 0.25) is 0 Å². The number of alkyl carbamates (subject to hydrolysis) is 1. The van der Waals surface area contributed by atoms with Crippen LogP contribution in [0.2, 0.25) is 0 Å². The van der Waals surface area contributed by atoms with Crippen LogP contribution < -0.4 is 15.4 Å². The van der Waals surface area contributed by atoms with Crippen molar-refractivity contribution in [1.82, 2.24) is 5.32 Å². The first-order chi connectivity index (χ1) is 12.3. The summed E-state index contributed by atoms with van der Waals surface area (Å²) < 4.78 is 10.4. The number of hydrogen-bond donors (Lipinski definition) is 2. The third kappa shape index (κ3) is 5.81. The van der Waals surface area contributed by atoms with Gasteiger partial charge in [0, 0.05) is 11.8 Å². The Balaban J connectivity index is 2.19. The van der Waals surface area contributed by atoms with Crippen LogP contribution in [0, 0.1) is 0 Å². The van der Waals surface area contributed by atoms with E-state index in [0.717, 1.165) is 0 Å². The van der Waals surface area contributed by atoms with Crippen molar-refractivity contribution < 1.29 is 19.1 Å². The molecule has 0 aliphatic rings. The lowest BCUT2D eigenvalue weighted by atomic mass is 10.1. The third-order valence-electron chi connectivity index (χ3n) is 3.39. The number of carbonyl (C=O) groups is 2. The van der Waals surface area contributed by atoms with Gasteiger partial charge >= 0.3 is 6.09 Å². The lowest BCUT2D eigenvalue weighted by Gasteiger charge is -2.23. The van der Waals surface area contributed by atoms with Crippen LogP contribution in [0.3, 0.4) is 0 Å². The molecule has 1 atom stereocenters. The monoisotopic (exact) mass is 356 g/mol. The van der Waals surface area contributed by atoms with Crippen LogP contribution in [-0.4, -0.2) is 24.7 Å². The van der Waals surface area contributed by atoms with Gasteiger partial charge in [0.15, 0.2) is 0 Å². The summed E-state index contributed by atoms with van der Waals surface area (Å²) in [6, 6.07) is 15.1. The smallest absolute Gasteiger partial charge is 0.408 e. The summed E-state index contributed by atoms with van der Waals surface area (Å²) in [6.45, 7) is 5.29. The Hall–Kier alpha value is -3.02. The highest BCUT2D eigenvalue weighted by atomic mass is 16.6. The molecular weight excluding hydrogens is 332 g/mol. The van der Waals surface area contributed by atoms with E-state index >= 15 is 0 Å². The maximum atomic E-state index is 12.8. The molecule has 0 aliphatic carbocycles. The summed E-state index contributed by atoms with van der Waals surface area (Å²) >= 11 is 0. The molecule has 2 N–H and O–H groups in total. The fourth-order valence-corrected chi connectivity index (χ4v) is 2.29. The zero-order valence-electron chi connectivity index (χ0n) is 15.4. The molecule has 6 heteroatoms. The molecule has 0 unspecified atom stereocenters. The maximum Gasteiger partial charge on any atom is 0.408 e. The van der Waals surface area contributed by atoms with Gasteiger partial charge in [0.05, 0.1) is 7.11 Å². The molecule has 2 aromatic carbocycles. The zero-order chi connectivity index (χ0) is 19.2. The van der Waals surface area contributed by atoms with E-state index in [1.807, 2.05) is 6.07 Å². The van der Waals surface area contributed by atoms with Gasteiger partial charge in [-0.25, -0.2) is 4.79 Å². The lowest BCUT2D eigenvalue weighted by Crippen LogP contribution is -2.40. The molecule has 2 aromatic rings. The lowest BCUT2D eigenvalue weighted by molar-refractivity contribution is -0.118. The van der Waals surface area contributed by atoms with Crippen LogP contribution in [-0.2, 0) is 9.53 Å². The molecule has 0 heterocycles. The average Bonchev–Trinajstić information content (AvgIpc) is 2.59. The molecule has 0 radical (unpaired) electrons. The van der Waals surface area contributed by atoms with Crippen LogP contribution in [0.5, 0.6) is 5.75 Å². The highest BCUT2D eigenvalue weighted by molar-refractivity contribution is 5.97. The van der Waals surface area contributed by atoms with Crippen molar-refractivity contribution >= 4 is 17.7 Å². The van der Waals surface area contributed by atoms with Gasteiger partial charge in [0.1, 0.15) is 17.4 Å². The van der Waals surface area contributed by atoms with E-state index in [9.17, 15) is 9.59 Å². The van der Waals surface area contributed by atoms with Gasteiger partial charge in [0.25, 0.3) is 5.91 Å². The number of nitrogens with one attached hydrogen (secondary N) is 2. The number of anilines is 1. The second-order valence-electron chi connectivity index (χ2n) is 6.71. The molecule has 2 rings (SSSR count). The number of amides is 2. The number of methoxy groups -OCH3 is 1. The molecule has 0 bridgehead atoms. The Morgan fingerprint density at radius 1 is 1.00 bits per heavy atom. The van der Waals surface area contributed by atoms with E-state index in [2.05, 4.69) is 10.6 Å². The van der Waals surface area contributed by atoms with Crippen LogP contribution in [0.4, 0.5) is 10.5 Å². The van der Waals surface area contributed by atoms with E-state index in [4.69, 9.17) is 9.47 Å². The Kier molecular flexibility index (Phi) is 6.22. The maximum absolute atomic E-state index is 12.8. The Morgan fingerprint density at radius 2 is 1.69 bits per heavy atom. The van der Waals surface area contributed by atoms with Crippen molar-refractivity contribution in [2.45, 2.75) is 32.4 Å². The van der Waals surface area contributed by atoms with Crippen molar-refractivity contribution in [2.75, 3.05) is 12.4 Å². The summed E-state index contributed by atoms with van der Waals surface area (Å²) in [5.74, 6) is 0.245. The van der Waals surface area contributed by atoms with Crippen LogP contribution in [0.15, 0.2) is 54.6 Å². The first-order valence-electron chi connectivity index (χ1n) is 8.28. The fraction of sp³-hybridized carbons (Fsp3) is 0.300. The molecule has 26 heavy (non-hydrogen) atoms. The molecule has 0 saturated heterocycles. The van der Waals surface area contributed by atoms with Crippen molar-refractivity contribution in [3.8, 4) is 5.75 Å². The summed E-state index contributed by atoms with van der Waals surface area (Å²) in [4.78, 5) is 25.0. The molecule has 2 amide bonds. The van der Waals surface area contributed by atoms with Gasteiger partial charge < -0.3 is 20.1 Å². The second-order valence-corrected chi connectivity index (χ2v) is 6.71. The first kappa shape index (κ1) is 19.3. The van der Waals surface area contributed by atoms with E-state index in [1.165, 1.54) is 0 Å². The second kappa shape index (κ2) is 8.38. The average molecular weight is 356 g/mol. The largest absolute Gasteiger partial charge is 0.497 e. The van der Waals surface area contributed by atoms with E-state index in [-0.39, 0.29) is 5.91 Å². The van der Waals surface area contributed by atoms with Crippen LogP contribution >= 0.6 is 0 Å². The number of benzene rings is 2. The van der Waals surface area contributed by atoms with Crippen LogP contribution in [0.1, 0.15) is 32.4 Å². The third-order valence-corrected chi connectivity index (χ3v) is 3.39. The molecule has 0 saturated carbocycles. The first-order valence-corrected chi connectivity index (χ1v) is 8.28. The Bertz CT molecular complexity index is 754. The Morgan fingerprint density at radius 3 is 2.31 bits per heavy atom. The van der Waals surface area contributed by atoms with E-state index in [0.29, 0.717) is 17.0 Å². The SMILES string of the molecule is COc1cccc(NC(=O)[C@@H](NC(=O)OC(C)(C)C)c2ccccc2)c1. The minimum atomic E-state index is -0.891. The van der Waals surface area contributed by atoms with E-state index < -0.39 is 17.7 Å². The number of hydrogen-bond acceptors (Lipinski definition) is 4. The van der Waals surface area contributed by atoms with Crippen molar-refractivity contribution in [3.63, 3.8) is 0 Å². The molecule has 138 valence electrons. The number of carbonyl (C=O) groups excluding carboxylic acids is 2. The summed E-state index contributed by atoms with van der Waals surface area (Å²) in [5, 5.41) is 5.43. The normalized spacial score (nSPS) is 12.0. The van der Waals surface area contributed by atoms with Crippen molar-refractivity contribution in [3.05, 3.63) is 60.2 Å². The standard InChI is InChI=1S/C20H24N2O4/c1-20(2,3)26-19(24)22-17(14-9-6-5-7-10-14)18(23)21-15-11-8-12-16(13-15)25-4/h5-13,17H,1-4H3,(H,21,23)(H,22,24)/t17-/m0/s1. The van der Waals surface area contributed by atoms with Gasteiger partial charge in [-0.05, 0) is 38.5 Å². The van der Waals surface area contributed by atoms with Crippen LogP contribution in [0.25, 0.3) is 0 Å². The summed E-state index contributed by atoms with van der Waals surface area (Å²) in [7, 11) is 1.55. The summed E-state index contributed by atoms with van der Waals surface area (Å²) in [5.41, 5.74) is 0.564. The van der Waals surface area contributed by atoms with Gasteiger partial charge in [-0.3, -0.25) is 4.79 Å². The summed E-state index contributed by atoms with van der Waals surface area (Å²) in [6.07, 6.45) is -0.660. The highest BCUT2D eigenvalue weighted by Gasteiger charge is 2.26. The minimum Gasteiger partial charge on any atom is -0.497 e. The number of rotatable bonds is 5. The quantitative estimate of drug-likeness (QED) is 0.852. The minimum absolute atomic E-state index is 0.379. The molecule has 0 aliphatic heterocycles. The Labute approximate surface area is 153 Å². The van der Waals surface area contributed by atoms with Crippen molar-refractivity contribution in [2.24, 2.45) is 0 Å². The van der Waals surface area contributed by atoms with Gasteiger partial charge in [-0.2, -0.15) is 0 Å². The molecule has 0 spiro atoms. The fourth-order valence-electron chi connectivity index (χ4n) is 2.29. The topological polar surface area (TPSA) is 76.7 Å². The predicted molar refractivity (Wildman–Crippen MR) is 100 cm³/mol.